The first-order valence-electron chi connectivity index (χ1n) is 9.15. The molecule has 1 amide bonds. The zero-order valence-corrected chi connectivity index (χ0v) is 15.3. The molecule has 2 heterocycles. The van der Waals surface area contributed by atoms with E-state index in [2.05, 4.69) is 15.6 Å². The number of aromatic nitrogens is 3. The van der Waals surface area contributed by atoms with Gasteiger partial charge in [0.05, 0.1) is 11.1 Å². The Hall–Kier alpha value is -4.19. The van der Waals surface area contributed by atoms with E-state index >= 15 is 0 Å². The molecule has 0 unspecified atom stereocenters. The van der Waals surface area contributed by atoms with E-state index in [1.807, 2.05) is 66.9 Å². The Morgan fingerprint density at radius 2 is 1.66 bits per heavy atom. The van der Waals surface area contributed by atoms with Crippen molar-refractivity contribution in [2.75, 3.05) is 5.32 Å². The summed E-state index contributed by atoms with van der Waals surface area (Å²) in [6, 6.07) is 26.5. The third-order valence-corrected chi connectivity index (χ3v) is 4.63. The summed E-state index contributed by atoms with van der Waals surface area (Å²) in [5.41, 5.74) is 3.04. The van der Waals surface area contributed by atoms with Gasteiger partial charge < -0.3 is 9.84 Å². The average Bonchev–Trinajstić information content (AvgIpc) is 3.41. The molecule has 0 saturated heterocycles. The SMILES string of the molecule is O=C(Nc1ccn(-c2ccccc2)n1)c1ccc2noc(-c3ccccc3)c2c1. The van der Waals surface area contributed by atoms with Crippen LogP contribution in [0.1, 0.15) is 10.4 Å². The van der Waals surface area contributed by atoms with Gasteiger partial charge in [-0.2, -0.15) is 5.10 Å². The third kappa shape index (κ3) is 3.27. The van der Waals surface area contributed by atoms with Crippen molar-refractivity contribution < 1.29 is 9.32 Å². The van der Waals surface area contributed by atoms with Crippen molar-refractivity contribution in [1.29, 1.82) is 0 Å². The topological polar surface area (TPSA) is 73.0 Å². The summed E-state index contributed by atoms with van der Waals surface area (Å²) in [5.74, 6) is 0.876. The van der Waals surface area contributed by atoms with Gasteiger partial charge in [0.2, 0.25) is 0 Å². The predicted molar refractivity (Wildman–Crippen MR) is 111 cm³/mol. The van der Waals surface area contributed by atoms with E-state index in [-0.39, 0.29) is 5.91 Å². The van der Waals surface area contributed by atoms with Gasteiger partial charge in [0.25, 0.3) is 5.91 Å². The Labute approximate surface area is 166 Å². The van der Waals surface area contributed by atoms with Crippen molar-refractivity contribution in [2.24, 2.45) is 0 Å². The van der Waals surface area contributed by atoms with E-state index in [1.54, 1.807) is 28.9 Å². The standard InChI is InChI=1S/C23H16N4O2/c28-23(24-21-13-14-27(25-21)18-9-5-2-6-10-18)17-11-12-20-19(15-17)22(29-26-20)16-7-3-1-4-8-16/h1-15H,(H,24,25,28). The molecule has 0 saturated carbocycles. The van der Waals surface area contributed by atoms with Crippen LogP contribution in [-0.2, 0) is 0 Å². The number of carbonyl (C=O) groups excluding carboxylic acids is 1. The van der Waals surface area contributed by atoms with Gasteiger partial charge in [0, 0.05) is 23.4 Å². The van der Waals surface area contributed by atoms with E-state index in [4.69, 9.17) is 4.52 Å². The van der Waals surface area contributed by atoms with Crippen LogP contribution in [0.5, 0.6) is 0 Å². The summed E-state index contributed by atoms with van der Waals surface area (Å²) in [7, 11) is 0. The highest BCUT2D eigenvalue weighted by molar-refractivity contribution is 6.07. The summed E-state index contributed by atoms with van der Waals surface area (Å²) < 4.78 is 7.22. The lowest BCUT2D eigenvalue weighted by atomic mass is 10.1. The number of rotatable bonds is 4. The summed E-state index contributed by atoms with van der Waals surface area (Å²) in [6.07, 6.45) is 1.81. The number of benzene rings is 3. The maximum absolute atomic E-state index is 12.8. The number of carbonyl (C=O) groups is 1. The largest absolute Gasteiger partial charge is 0.355 e. The number of nitrogens with one attached hydrogen (secondary N) is 1. The molecule has 29 heavy (non-hydrogen) atoms. The van der Waals surface area contributed by atoms with Crippen LogP contribution in [0.15, 0.2) is 95.6 Å². The maximum atomic E-state index is 12.8. The molecule has 5 rings (SSSR count). The number of fused-ring (bicyclic) bond motifs is 1. The second-order valence-corrected chi connectivity index (χ2v) is 6.54. The smallest absolute Gasteiger partial charge is 0.256 e. The highest BCUT2D eigenvalue weighted by Gasteiger charge is 2.15. The molecule has 0 fully saturated rings. The van der Waals surface area contributed by atoms with E-state index in [0.717, 1.165) is 16.6 Å². The van der Waals surface area contributed by atoms with Gasteiger partial charge in [-0.05, 0) is 30.3 Å². The molecule has 0 bridgehead atoms. The van der Waals surface area contributed by atoms with Gasteiger partial charge in [0.15, 0.2) is 11.6 Å². The van der Waals surface area contributed by atoms with Crippen molar-refractivity contribution in [1.82, 2.24) is 14.9 Å². The van der Waals surface area contributed by atoms with Crippen molar-refractivity contribution in [3.8, 4) is 17.0 Å². The molecule has 2 aromatic heterocycles. The summed E-state index contributed by atoms with van der Waals surface area (Å²) in [4.78, 5) is 12.8. The van der Waals surface area contributed by atoms with Crippen LogP contribution < -0.4 is 5.32 Å². The van der Waals surface area contributed by atoms with Crippen LogP contribution in [0.2, 0.25) is 0 Å². The first-order valence-corrected chi connectivity index (χ1v) is 9.15. The fraction of sp³-hybridized carbons (Fsp3) is 0. The van der Waals surface area contributed by atoms with Crippen LogP contribution in [-0.4, -0.2) is 20.8 Å². The zero-order chi connectivity index (χ0) is 19.6. The van der Waals surface area contributed by atoms with E-state index < -0.39 is 0 Å². The Balaban J connectivity index is 1.42. The second kappa shape index (κ2) is 7.09. The third-order valence-electron chi connectivity index (χ3n) is 4.63. The molecule has 0 spiro atoms. The van der Waals surface area contributed by atoms with Gasteiger partial charge >= 0.3 is 0 Å². The minimum Gasteiger partial charge on any atom is -0.355 e. The molecule has 5 aromatic rings. The fourth-order valence-electron chi connectivity index (χ4n) is 3.18. The first-order chi connectivity index (χ1) is 14.3. The highest BCUT2D eigenvalue weighted by Crippen LogP contribution is 2.29. The van der Waals surface area contributed by atoms with Crippen LogP contribution in [0, 0.1) is 0 Å². The lowest BCUT2D eigenvalue weighted by molar-refractivity contribution is 0.102. The lowest BCUT2D eigenvalue weighted by Crippen LogP contribution is -2.12. The first kappa shape index (κ1) is 16.9. The summed E-state index contributed by atoms with van der Waals surface area (Å²) in [6.45, 7) is 0. The van der Waals surface area contributed by atoms with Crippen molar-refractivity contribution in [3.63, 3.8) is 0 Å². The summed E-state index contributed by atoms with van der Waals surface area (Å²) in [5, 5.41) is 12.1. The molecular formula is C23H16N4O2. The molecule has 0 aliphatic heterocycles. The van der Waals surface area contributed by atoms with Gasteiger partial charge in [-0.1, -0.05) is 53.7 Å². The van der Waals surface area contributed by atoms with Gasteiger partial charge in [-0.25, -0.2) is 4.68 Å². The Morgan fingerprint density at radius 3 is 2.45 bits per heavy atom. The predicted octanol–water partition coefficient (Wildman–Crippen LogP) is 4.93. The zero-order valence-electron chi connectivity index (χ0n) is 15.3. The molecule has 3 aromatic carbocycles. The normalized spacial score (nSPS) is 10.9. The quantitative estimate of drug-likeness (QED) is 0.480. The van der Waals surface area contributed by atoms with E-state index in [1.165, 1.54) is 0 Å². The number of amides is 1. The van der Waals surface area contributed by atoms with Crippen molar-refractivity contribution in [3.05, 3.63) is 96.7 Å². The molecule has 0 aliphatic carbocycles. The lowest BCUT2D eigenvalue weighted by Gasteiger charge is -2.03. The Kier molecular flexibility index (Phi) is 4.14. The van der Waals surface area contributed by atoms with Crippen LogP contribution >= 0.6 is 0 Å². The van der Waals surface area contributed by atoms with Gasteiger partial charge in [0.1, 0.15) is 5.52 Å². The van der Waals surface area contributed by atoms with Crippen LogP contribution in [0.25, 0.3) is 27.9 Å². The van der Waals surface area contributed by atoms with Crippen LogP contribution in [0.4, 0.5) is 5.82 Å². The fourth-order valence-corrected chi connectivity index (χ4v) is 3.18. The molecule has 6 heteroatoms. The number of nitrogens with zero attached hydrogens (tertiary/aromatic N) is 3. The monoisotopic (exact) mass is 380 g/mol. The maximum Gasteiger partial charge on any atom is 0.256 e. The minimum atomic E-state index is -0.245. The summed E-state index contributed by atoms with van der Waals surface area (Å²) >= 11 is 0. The number of para-hydroxylation sites is 1. The molecular weight excluding hydrogens is 364 g/mol. The van der Waals surface area contributed by atoms with Gasteiger partial charge in [-0.3, -0.25) is 4.79 Å². The minimum absolute atomic E-state index is 0.245. The number of anilines is 1. The molecule has 0 atom stereocenters. The number of hydrogen-bond acceptors (Lipinski definition) is 4. The molecule has 0 radical (unpaired) electrons. The highest BCUT2D eigenvalue weighted by atomic mass is 16.5. The van der Waals surface area contributed by atoms with Crippen molar-refractivity contribution >= 4 is 22.6 Å². The second-order valence-electron chi connectivity index (χ2n) is 6.54. The molecule has 1 N–H and O–H groups in total. The average molecular weight is 380 g/mol. The van der Waals surface area contributed by atoms with Crippen LogP contribution in [0.3, 0.4) is 0 Å². The van der Waals surface area contributed by atoms with Crippen molar-refractivity contribution in [2.45, 2.75) is 0 Å². The molecule has 140 valence electrons. The molecule has 6 nitrogen and oxygen atoms in total. The Morgan fingerprint density at radius 1 is 0.897 bits per heavy atom. The van der Waals surface area contributed by atoms with E-state index in [0.29, 0.717) is 22.7 Å². The molecule has 0 aliphatic rings. The van der Waals surface area contributed by atoms with Gasteiger partial charge in [-0.15, -0.1) is 0 Å². The Bertz CT molecular complexity index is 1290. The van der Waals surface area contributed by atoms with E-state index in [9.17, 15) is 4.79 Å². The number of hydrogen-bond donors (Lipinski definition) is 1.